The van der Waals surface area contributed by atoms with Gasteiger partial charge in [0.1, 0.15) is 0 Å². The number of aromatic nitrogens is 2. The Morgan fingerprint density at radius 2 is 1.84 bits per heavy atom. The average molecular weight is 332 g/mol. The van der Waals surface area contributed by atoms with Crippen molar-refractivity contribution in [3.63, 3.8) is 0 Å². The fraction of sp³-hybridized carbons (Fsp3) is 0.200. The Labute approximate surface area is 146 Å². The van der Waals surface area contributed by atoms with Crippen LogP contribution < -0.4 is 5.32 Å². The summed E-state index contributed by atoms with van der Waals surface area (Å²) in [7, 11) is 0. The first-order chi connectivity index (χ1) is 12.3. The number of rotatable bonds is 5. The zero-order chi connectivity index (χ0) is 17.1. The van der Waals surface area contributed by atoms with Crippen LogP contribution in [0.4, 0.5) is 10.5 Å². The molecule has 126 valence electrons. The molecule has 1 heterocycles. The van der Waals surface area contributed by atoms with Gasteiger partial charge in [-0.1, -0.05) is 42.5 Å². The molecule has 0 saturated heterocycles. The molecule has 1 fully saturated rings. The Bertz CT molecular complexity index is 824. The van der Waals surface area contributed by atoms with E-state index >= 15 is 0 Å². The minimum atomic E-state index is -0.0394. The summed E-state index contributed by atoms with van der Waals surface area (Å²) in [6.07, 6.45) is 5.80. The number of urea groups is 1. The van der Waals surface area contributed by atoms with Gasteiger partial charge in [0.2, 0.25) is 0 Å². The fourth-order valence-corrected chi connectivity index (χ4v) is 2.88. The van der Waals surface area contributed by atoms with Crippen molar-refractivity contribution >= 4 is 11.7 Å². The lowest BCUT2D eigenvalue weighted by atomic mass is 10.1. The van der Waals surface area contributed by atoms with E-state index in [1.54, 1.807) is 6.20 Å². The van der Waals surface area contributed by atoms with Crippen molar-refractivity contribution in [2.24, 2.45) is 0 Å². The largest absolute Gasteiger partial charge is 0.322 e. The number of carbonyl (C=O) groups excluding carboxylic acids is 1. The summed E-state index contributed by atoms with van der Waals surface area (Å²) in [4.78, 5) is 14.6. The van der Waals surface area contributed by atoms with Crippen molar-refractivity contribution < 1.29 is 4.79 Å². The van der Waals surface area contributed by atoms with Crippen molar-refractivity contribution in [1.29, 1.82) is 0 Å². The lowest BCUT2D eigenvalue weighted by Crippen LogP contribution is -2.36. The summed E-state index contributed by atoms with van der Waals surface area (Å²) in [5, 5.41) is 9.78. The maximum Gasteiger partial charge on any atom is 0.322 e. The van der Waals surface area contributed by atoms with Gasteiger partial charge in [-0.2, -0.15) is 5.10 Å². The third kappa shape index (κ3) is 3.71. The van der Waals surface area contributed by atoms with E-state index in [0.29, 0.717) is 12.6 Å². The van der Waals surface area contributed by atoms with Crippen LogP contribution in [0.5, 0.6) is 0 Å². The number of hydrogen-bond donors (Lipinski definition) is 2. The number of carbonyl (C=O) groups is 1. The van der Waals surface area contributed by atoms with Gasteiger partial charge in [0.05, 0.1) is 6.20 Å². The van der Waals surface area contributed by atoms with E-state index in [1.807, 2.05) is 53.6 Å². The van der Waals surface area contributed by atoms with Crippen LogP contribution >= 0.6 is 0 Å². The van der Waals surface area contributed by atoms with Gasteiger partial charge in [-0.05, 0) is 36.1 Å². The van der Waals surface area contributed by atoms with Crippen LogP contribution in [0, 0.1) is 0 Å². The molecule has 3 aromatic rings. The lowest BCUT2D eigenvalue weighted by molar-refractivity contribution is 0.206. The second-order valence-corrected chi connectivity index (χ2v) is 6.34. The molecule has 0 aliphatic heterocycles. The van der Waals surface area contributed by atoms with Crippen molar-refractivity contribution in [3.8, 4) is 11.1 Å². The fourth-order valence-electron chi connectivity index (χ4n) is 2.88. The number of hydrogen-bond acceptors (Lipinski definition) is 2. The van der Waals surface area contributed by atoms with E-state index < -0.39 is 0 Å². The first-order valence-corrected chi connectivity index (χ1v) is 8.50. The first-order valence-electron chi connectivity index (χ1n) is 8.50. The van der Waals surface area contributed by atoms with Gasteiger partial charge in [-0.15, -0.1) is 0 Å². The molecular formula is C20H20N4O. The quantitative estimate of drug-likeness (QED) is 0.733. The molecule has 1 aromatic heterocycles. The third-order valence-electron chi connectivity index (χ3n) is 4.41. The molecule has 25 heavy (non-hydrogen) atoms. The number of amides is 2. The van der Waals surface area contributed by atoms with E-state index in [-0.39, 0.29) is 6.03 Å². The molecule has 1 aliphatic carbocycles. The van der Waals surface area contributed by atoms with Crippen LogP contribution in [-0.4, -0.2) is 27.2 Å². The molecule has 0 atom stereocenters. The number of benzene rings is 2. The zero-order valence-corrected chi connectivity index (χ0v) is 13.9. The molecule has 2 N–H and O–H groups in total. The minimum absolute atomic E-state index is 0.0394. The molecule has 0 unspecified atom stereocenters. The highest BCUT2D eigenvalue weighted by molar-refractivity contribution is 5.90. The number of aromatic amines is 1. The molecule has 5 nitrogen and oxygen atoms in total. The van der Waals surface area contributed by atoms with E-state index in [4.69, 9.17) is 0 Å². The van der Waals surface area contributed by atoms with Crippen molar-refractivity contribution in [1.82, 2.24) is 15.1 Å². The summed E-state index contributed by atoms with van der Waals surface area (Å²) in [5.41, 5.74) is 4.05. The molecule has 2 aromatic carbocycles. The number of H-pyrrole nitrogens is 1. The van der Waals surface area contributed by atoms with Crippen molar-refractivity contribution in [2.45, 2.75) is 25.4 Å². The molecule has 4 rings (SSSR count). The van der Waals surface area contributed by atoms with Gasteiger partial charge in [0.15, 0.2) is 0 Å². The Balaban J connectivity index is 1.44. The summed E-state index contributed by atoms with van der Waals surface area (Å²) >= 11 is 0. The molecule has 2 amide bonds. The maximum absolute atomic E-state index is 12.7. The van der Waals surface area contributed by atoms with E-state index in [2.05, 4.69) is 27.6 Å². The minimum Gasteiger partial charge on any atom is -0.317 e. The SMILES string of the molecule is O=C(Nc1ccc(-c2cn[nH]c2)cc1)N(Cc1ccccc1)C1CC1. The Kier molecular flexibility index (Phi) is 4.21. The average Bonchev–Trinajstić information content (AvgIpc) is 3.34. The number of anilines is 1. The second kappa shape index (κ2) is 6.81. The summed E-state index contributed by atoms with van der Waals surface area (Å²) in [6.45, 7) is 0.643. The van der Waals surface area contributed by atoms with Crippen LogP contribution in [0.25, 0.3) is 11.1 Å². The number of nitrogens with zero attached hydrogens (tertiary/aromatic N) is 2. The van der Waals surface area contributed by atoms with E-state index in [1.165, 1.54) is 0 Å². The van der Waals surface area contributed by atoms with Gasteiger partial charge in [0.25, 0.3) is 0 Å². The van der Waals surface area contributed by atoms with Crippen molar-refractivity contribution in [2.75, 3.05) is 5.32 Å². The molecule has 0 spiro atoms. The maximum atomic E-state index is 12.7. The normalized spacial score (nSPS) is 13.4. The first kappa shape index (κ1) is 15.4. The Morgan fingerprint density at radius 3 is 2.48 bits per heavy atom. The molecular weight excluding hydrogens is 312 g/mol. The highest BCUT2D eigenvalue weighted by Gasteiger charge is 2.32. The second-order valence-electron chi connectivity index (χ2n) is 6.34. The predicted molar refractivity (Wildman–Crippen MR) is 98.0 cm³/mol. The predicted octanol–water partition coefficient (Wildman–Crippen LogP) is 4.27. The van der Waals surface area contributed by atoms with Crippen molar-refractivity contribution in [3.05, 3.63) is 72.6 Å². The summed E-state index contributed by atoms with van der Waals surface area (Å²) in [5.74, 6) is 0. The Hall–Kier alpha value is -3.08. The zero-order valence-electron chi connectivity index (χ0n) is 13.9. The van der Waals surface area contributed by atoms with Gasteiger partial charge >= 0.3 is 6.03 Å². The summed E-state index contributed by atoms with van der Waals surface area (Å²) < 4.78 is 0. The molecule has 0 radical (unpaired) electrons. The summed E-state index contributed by atoms with van der Waals surface area (Å²) in [6, 6.07) is 18.3. The van der Waals surface area contributed by atoms with E-state index in [9.17, 15) is 4.79 Å². The molecule has 1 saturated carbocycles. The Morgan fingerprint density at radius 1 is 1.08 bits per heavy atom. The van der Waals surface area contributed by atoms with Gasteiger partial charge in [0, 0.05) is 30.0 Å². The monoisotopic (exact) mass is 332 g/mol. The van der Waals surface area contributed by atoms with Crippen LogP contribution in [0.3, 0.4) is 0 Å². The van der Waals surface area contributed by atoms with Crippen LogP contribution in [0.1, 0.15) is 18.4 Å². The van der Waals surface area contributed by atoms with Gasteiger partial charge in [-0.25, -0.2) is 4.79 Å². The van der Waals surface area contributed by atoms with Gasteiger partial charge in [-0.3, -0.25) is 5.10 Å². The lowest BCUT2D eigenvalue weighted by Gasteiger charge is -2.23. The molecule has 0 bridgehead atoms. The van der Waals surface area contributed by atoms with Crippen LogP contribution in [-0.2, 0) is 6.54 Å². The molecule has 1 aliphatic rings. The smallest absolute Gasteiger partial charge is 0.317 e. The highest BCUT2D eigenvalue weighted by atomic mass is 16.2. The van der Waals surface area contributed by atoms with Crippen LogP contribution in [0.2, 0.25) is 0 Å². The number of nitrogens with one attached hydrogen (secondary N) is 2. The highest BCUT2D eigenvalue weighted by Crippen LogP contribution is 2.29. The van der Waals surface area contributed by atoms with E-state index in [0.717, 1.165) is 35.2 Å². The van der Waals surface area contributed by atoms with Crippen LogP contribution in [0.15, 0.2) is 67.0 Å². The standard InChI is InChI=1S/C20H20N4O/c25-20(24(19-10-11-19)14-15-4-2-1-3-5-15)23-18-8-6-16(7-9-18)17-12-21-22-13-17/h1-9,12-13,19H,10-11,14H2,(H,21,22)(H,23,25). The van der Waals surface area contributed by atoms with Gasteiger partial charge < -0.3 is 10.2 Å². The third-order valence-corrected chi connectivity index (χ3v) is 4.41. The molecule has 5 heteroatoms. The topological polar surface area (TPSA) is 61.0 Å².